The smallest absolute Gasteiger partial charge is 0.394 e. The molecule has 3 N–H and O–H groups in total. The molecule has 116 valence electrons. The minimum atomic E-state index is -4.32. The molecule has 1 aliphatic rings. The highest BCUT2D eigenvalue weighted by molar-refractivity contribution is 5.84. The van der Waals surface area contributed by atoms with Crippen LogP contribution < -0.4 is 5.73 Å². The number of nitrogens with zero attached hydrogens (tertiary/aromatic N) is 2. The molecule has 0 amide bonds. The molecule has 0 fully saturated rings. The number of alkyl halides is 3. The van der Waals surface area contributed by atoms with Gasteiger partial charge in [0, 0.05) is 12.8 Å². The van der Waals surface area contributed by atoms with Crippen LogP contribution in [0.5, 0.6) is 0 Å². The first kappa shape index (κ1) is 15.3. The van der Waals surface area contributed by atoms with Crippen LogP contribution in [-0.2, 0) is 6.42 Å². The highest BCUT2D eigenvalue weighted by atomic mass is 19.4. The van der Waals surface area contributed by atoms with Crippen LogP contribution >= 0.6 is 0 Å². The van der Waals surface area contributed by atoms with E-state index in [2.05, 4.69) is 9.98 Å². The number of rotatable bonds is 5. The molecule has 6 nitrogen and oxygen atoms in total. The topological polar surface area (TPSA) is 102 Å². The Bertz CT molecular complexity index is 553. The van der Waals surface area contributed by atoms with Crippen molar-refractivity contribution < 1.29 is 27.5 Å². The molecule has 2 rings (SSSR count). The number of nitrogens with two attached hydrogens (primary N) is 1. The van der Waals surface area contributed by atoms with Crippen LogP contribution in [0.2, 0.25) is 0 Å². The number of hydrogen-bond donors (Lipinski definition) is 2. The van der Waals surface area contributed by atoms with E-state index in [0.717, 1.165) is 6.26 Å². The fraction of sp³-hybridized carbons (Fsp3) is 0.583. The molecule has 0 saturated carbocycles. The Morgan fingerprint density at radius 1 is 1.52 bits per heavy atom. The zero-order valence-electron chi connectivity index (χ0n) is 10.9. The van der Waals surface area contributed by atoms with Gasteiger partial charge in [0.1, 0.15) is 6.26 Å². The number of halogens is 3. The number of amidine groups is 1. The maximum atomic E-state index is 12.8. The maximum Gasteiger partial charge on any atom is 0.394 e. The molecule has 0 unspecified atom stereocenters. The summed E-state index contributed by atoms with van der Waals surface area (Å²) < 4.78 is 43.3. The quantitative estimate of drug-likeness (QED) is 0.866. The Morgan fingerprint density at radius 2 is 2.24 bits per heavy atom. The molecule has 2 heterocycles. The molecule has 9 heteroatoms. The standard InChI is InChI=1S/C12H14F3N3O3/c13-12(14,15)6-4-9(16)17-7(6)2-1-3-10-18-8(5-21-10)11(19)20/h5-7H,1-4H2,(H2,16,17)(H,19,20)/t6-,7-/m0/s1. The SMILES string of the molecule is NC1=N[C@@H](CCCc2nc(C(=O)O)co2)[C@@H](C(F)(F)F)C1. The molecular weight excluding hydrogens is 291 g/mol. The van der Waals surface area contributed by atoms with E-state index in [1.165, 1.54) is 0 Å². The first-order valence-corrected chi connectivity index (χ1v) is 6.34. The summed E-state index contributed by atoms with van der Waals surface area (Å²) in [6.07, 6.45) is -2.79. The number of oxazole rings is 1. The minimum absolute atomic E-state index is 0.0200. The zero-order valence-corrected chi connectivity index (χ0v) is 10.9. The maximum absolute atomic E-state index is 12.8. The average molecular weight is 305 g/mol. The predicted molar refractivity (Wildman–Crippen MR) is 66.0 cm³/mol. The fourth-order valence-electron chi connectivity index (χ4n) is 2.30. The summed E-state index contributed by atoms with van der Waals surface area (Å²) in [5, 5.41) is 8.67. The van der Waals surface area contributed by atoms with Crippen molar-refractivity contribution in [2.75, 3.05) is 0 Å². The largest absolute Gasteiger partial charge is 0.476 e. The number of aromatic carboxylic acids is 1. The van der Waals surface area contributed by atoms with Gasteiger partial charge in [0.2, 0.25) is 0 Å². The lowest BCUT2D eigenvalue weighted by molar-refractivity contribution is -0.176. The van der Waals surface area contributed by atoms with Crippen molar-refractivity contribution in [2.24, 2.45) is 16.6 Å². The van der Waals surface area contributed by atoms with E-state index in [1.54, 1.807) is 0 Å². The van der Waals surface area contributed by atoms with Crippen LogP contribution in [0, 0.1) is 5.92 Å². The number of aliphatic imine (C=N–C) groups is 1. The molecule has 0 saturated heterocycles. The summed E-state index contributed by atoms with van der Waals surface area (Å²) in [7, 11) is 0. The van der Waals surface area contributed by atoms with Crippen LogP contribution in [0.1, 0.15) is 35.6 Å². The van der Waals surface area contributed by atoms with E-state index >= 15 is 0 Å². The second-order valence-corrected chi connectivity index (χ2v) is 4.86. The zero-order chi connectivity index (χ0) is 15.6. The van der Waals surface area contributed by atoms with Gasteiger partial charge in [-0.05, 0) is 12.8 Å². The van der Waals surface area contributed by atoms with E-state index in [0.29, 0.717) is 6.42 Å². The Kier molecular flexibility index (Phi) is 4.19. The van der Waals surface area contributed by atoms with Gasteiger partial charge in [-0.25, -0.2) is 9.78 Å². The Balaban J connectivity index is 1.88. The van der Waals surface area contributed by atoms with Crippen LogP contribution in [0.4, 0.5) is 13.2 Å². The van der Waals surface area contributed by atoms with Crippen molar-refractivity contribution in [1.29, 1.82) is 0 Å². The lowest BCUT2D eigenvalue weighted by atomic mass is 9.94. The van der Waals surface area contributed by atoms with Gasteiger partial charge in [0.05, 0.1) is 17.8 Å². The van der Waals surface area contributed by atoms with Gasteiger partial charge in [0.15, 0.2) is 11.6 Å². The van der Waals surface area contributed by atoms with E-state index in [-0.39, 0.29) is 36.7 Å². The molecule has 1 aromatic heterocycles. The summed E-state index contributed by atoms with van der Waals surface area (Å²) in [6.45, 7) is 0. The summed E-state index contributed by atoms with van der Waals surface area (Å²) in [5.41, 5.74) is 5.16. The second-order valence-electron chi connectivity index (χ2n) is 4.86. The highest BCUT2D eigenvalue weighted by Crippen LogP contribution is 2.37. The van der Waals surface area contributed by atoms with E-state index in [9.17, 15) is 18.0 Å². The Hall–Kier alpha value is -2.06. The molecule has 0 spiro atoms. The number of hydrogen-bond acceptors (Lipinski definition) is 5. The molecular formula is C12H14F3N3O3. The normalized spacial score (nSPS) is 22.3. The van der Waals surface area contributed by atoms with Crippen molar-refractivity contribution in [3.05, 3.63) is 17.8 Å². The summed E-state index contributed by atoms with van der Waals surface area (Å²) >= 11 is 0. The fourth-order valence-corrected chi connectivity index (χ4v) is 2.30. The highest BCUT2D eigenvalue weighted by Gasteiger charge is 2.47. The first-order valence-electron chi connectivity index (χ1n) is 6.34. The van der Waals surface area contributed by atoms with Crippen molar-refractivity contribution in [1.82, 2.24) is 4.98 Å². The van der Waals surface area contributed by atoms with Crippen molar-refractivity contribution in [3.8, 4) is 0 Å². The lowest BCUT2D eigenvalue weighted by Crippen LogP contribution is -2.30. The second kappa shape index (κ2) is 5.74. The number of carboxylic acids is 1. The minimum Gasteiger partial charge on any atom is -0.476 e. The van der Waals surface area contributed by atoms with Gasteiger partial charge in [-0.3, -0.25) is 4.99 Å². The number of carbonyl (C=O) groups is 1. The van der Waals surface area contributed by atoms with E-state index in [4.69, 9.17) is 15.3 Å². The molecule has 1 aliphatic heterocycles. The lowest BCUT2D eigenvalue weighted by Gasteiger charge is -2.20. The van der Waals surface area contributed by atoms with E-state index in [1.807, 2.05) is 0 Å². The number of carboxylic acid groups (broad SMARTS) is 1. The monoisotopic (exact) mass is 305 g/mol. The van der Waals surface area contributed by atoms with Gasteiger partial charge >= 0.3 is 12.1 Å². The molecule has 21 heavy (non-hydrogen) atoms. The molecule has 0 bridgehead atoms. The predicted octanol–water partition coefficient (Wildman–Crippen LogP) is 2.00. The number of aromatic nitrogens is 1. The van der Waals surface area contributed by atoms with Gasteiger partial charge < -0.3 is 15.3 Å². The summed E-state index contributed by atoms with van der Waals surface area (Å²) in [6, 6.07) is -0.890. The third-order valence-electron chi connectivity index (χ3n) is 3.31. The Morgan fingerprint density at radius 3 is 2.81 bits per heavy atom. The molecule has 0 aromatic carbocycles. The van der Waals surface area contributed by atoms with Crippen molar-refractivity contribution in [2.45, 2.75) is 37.9 Å². The molecule has 1 aromatic rings. The summed E-state index contributed by atoms with van der Waals surface area (Å²) in [4.78, 5) is 18.1. The van der Waals surface area contributed by atoms with Crippen LogP contribution in [0.25, 0.3) is 0 Å². The van der Waals surface area contributed by atoms with Gasteiger partial charge in [0.25, 0.3) is 0 Å². The third-order valence-corrected chi connectivity index (χ3v) is 3.31. The van der Waals surface area contributed by atoms with Gasteiger partial charge in [-0.1, -0.05) is 0 Å². The van der Waals surface area contributed by atoms with Crippen LogP contribution in [0.3, 0.4) is 0 Å². The van der Waals surface area contributed by atoms with Crippen molar-refractivity contribution in [3.63, 3.8) is 0 Å². The van der Waals surface area contributed by atoms with Crippen LogP contribution in [0.15, 0.2) is 15.7 Å². The first-order chi connectivity index (χ1) is 9.77. The Labute approximate surface area is 117 Å². The van der Waals surface area contributed by atoms with Gasteiger partial charge in [-0.2, -0.15) is 13.2 Å². The van der Waals surface area contributed by atoms with Gasteiger partial charge in [-0.15, -0.1) is 0 Å². The van der Waals surface area contributed by atoms with Crippen molar-refractivity contribution >= 4 is 11.8 Å². The molecule has 2 atom stereocenters. The number of aryl methyl sites for hydroxylation is 1. The van der Waals surface area contributed by atoms with Crippen LogP contribution in [-0.4, -0.2) is 34.1 Å². The average Bonchev–Trinajstić information content (AvgIpc) is 2.95. The molecule has 0 aliphatic carbocycles. The molecule has 0 radical (unpaired) electrons. The third kappa shape index (κ3) is 3.73. The summed E-state index contributed by atoms with van der Waals surface area (Å²) in [5.74, 6) is -2.55. The van der Waals surface area contributed by atoms with E-state index < -0.39 is 24.1 Å².